The molecule has 0 saturated carbocycles. The number of hydrogen-bond donors (Lipinski definition) is 1. The summed E-state index contributed by atoms with van der Waals surface area (Å²) in [5.74, 6) is 2.66. The minimum atomic E-state index is -3.44. The van der Waals surface area contributed by atoms with Gasteiger partial charge in [0.2, 0.25) is 0 Å². The van der Waals surface area contributed by atoms with Gasteiger partial charge in [-0.3, -0.25) is 15.1 Å². The number of aromatic nitrogens is 1. The van der Waals surface area contributed by atoms with Crippen molar-refractivity contribution in [2.75, 3.05) is 12.9 Å². The second-order valence-corrected chi connectivity index (χ2v) is 9.76. The van der Waals surface area contributed by atoms with Crippen LogP contribution >= 0.6 is 0 Å². The molecule has 0 fully saturated rings. The van der Waals surface area contributed by atoms with Crippen molar-refractivity contribution in [3.63, 3.8) is 0 Å². The van der Waals surface area contributed by atoms with Crippen molar-refractivity contribution in [2.45, 2.75) is 30.6 Å². The maximum absolute atomic E-state index is 13.0. The highest BCUT2D eigenvalue weighted by Crippen LogP contribution is 2.42. The Bertz CT molecular complexity index is 1160. The Morgan fingerprint density at radius 1 is 1.22 bits per heavy atom. The van der Waals surface area contributed by atoms with E-state index >= 15 is 0 Å². The van der Waals surface area contributed by atoms with Crippen molar-refractivity contribution in [3.05, 3.63) is 89.8 Å². The summed E-state index contributed by atoms with van der Waals surface area (Å²) in [6.07, 6.45) is 9.54. The molecule has 1 aromatic carbocycles. The van der Waals surface area contributed by atoms with E-state index in [0.717, 1.165) is 5.57 Å². The molecule has 1 N–H and O–H groups in total. The Labute approximate surface area is 189 Å². The molecule has 3 rings (SSSR count). The van der Waals surface area contributed by atoms with Gasteiger partial charge >= 0.3 is 0 Å². The average molecular weight is 451 g/mol. The summed E-state index contributed by atoms with van der Waals surface area (Å²) >= 11 is 0. The third-order valence-electron chi connectivity index (χ3n) is 5.45. The molecule has 0 bridgehead atoms. The quantitative estimate of drug-likeness (QED) is 0.515. The van der Waals surface area contributed by atoms with Crippen molar-refractivity contribution < 1.29 is 17.9 Å². The molecule has 0 radical (unpaired) electrons. The second kappa shape index (κ2) is 10.4. The first-order valence-electron chi connectivity index (χ1n) is 10.3. The van der Waals surface area contributed by atoms with Crippen molar-refractivity contribution >= 4 is 15.7 Å². The van der Waals surface area contributed by atoms with Gasteiger partial charge in [0.15, 0.2) is 9.84 Å². The molecule has 2 aromatic rings. The lowest BCUT2D eigenvalue weighted by Gasteiger charge is -2.38. The van der Waals surface area contributed by atoms with Gasteiger partial charge in [0.1, 0.15) is 10.9 Å². The van der Waals surface area contributed by atoms with E-state index in [4.69, 9.17) is 4.74 Å². The number of pyridine rings is 1. The summed E-state index contributed by atoms with van der Waals surface area (Å²) in [7, 11) is -1.90. The fourth-order valence-electron chi connectivity index (χ4n) is 3.67. The summed E-state index contributed by atoms with van der Waals surface area (Å²) in [6.45, 7) is 1.65. The summed E-state index contributed by atoms with van der Waals surface area (Å²) in [5.41, 5.74) is 1.13. The predicted molar refractivity (Wildman–Crippen MR) is 124 cm³/mol. The molecule has 1 aliphatic rings. The van der Waals surface area contributed by atoms with Crippen LogP contribution in [0.25, 0.3) is 0 Å². The first kappa shape index (κ1) is 23.5. The maximum Gasteiger partial charge on any atom is 0.262 e. The standard InChI is InChI=1S/C25H26N2O4S/c1-3-32(29,30)23(21-9-5-4-6-10-21)25(31-2)15-11-20(12-16-25)8-7-17-27-24(28)22-13-18-26-19-14-22/h4-6,9-15,18-19,23H,3,8,16H2,1-2H3,(H,27,28). The largest absolute Gasteiger partial charge is 0.372 e. The zero-order chi connectivity index (χ0) is 23.0. The van der Waals surface area contributed by atoms with E-state index in [-0.39, 0.29) is 11.7 Å². The molecular formula is C25H26N2O4S. The van der Waals surface area contributed by atoms with E-state index < -0.39 is 20.7 Å². The molecule has 2 atom stereocenters. The number of allylic oxidation sites excluding steroid dienone is 2. The molecule has 7 heteroatoms. The molecular weight excluding hydrogens is 424 g/mol. The number of ether oxygens (including phenoxy) is 1. The van der Waals surface area contributed by atoms with Crippen LogP contribution in [0.15, 0.2) is 78.7 Å². The van der Waals surface area contributed by atoms with Gasteiger partial charge in [-0.2, -0.15) is 0 Å². The Morgan fingerprint density at radius 2 is 1.94 bits per heavy atom. The number of hydrogen-bond acceptors (Lipinski definition) is 5. The lowest BCUT2D eigenvalue weighted by Crippen LogP contribution is -2.42. The van der Waals surface area contributed by atoms with Gasteiger partial charge in [-0.25, -0.2) is 8.42 Å². The molecule has 2 unspecified atom stereocenters. The van der Waals surface area contributed by atoms with Gasteiger partial charge in [-0.15, -0.1) is 0 Å². The van der Waals surface area contributed by atoms with Crippen LogP contribution in [0, 0.1) is 12.0 Å². The SMILES string of the molecule is CCS(=O)(=O)C(c1ccccc1)C1(OC)C=CC(CC#CNC(=O)c2ccncc2)=CC1. The van der Waals surface area contributed by atoms with Gasteiger partial charge in [0, 0.05) is 49.7 Å². The normalized spacial score (nSPS) is 18.8. The number of sulfone groups is 1. The molecule has 6 nitrogen and oxygen atoms in total. The Kier molecular flexibility index (Phi) is 7.62. The highest BCUT2D eigenvalue weighted by Gasteiger charge is 2.45. The molecule has 1 aliphatic carbocycles. The Morgan fingerprint density at radius 3 is 2.53 bits per heavy atom. The highest BCUT2D eigenvalue weighted by molar-refractivity contribution is 7.91. The zero-order valence-electron chi connectivity index (χ0n) is 18.1. The number of benzene rings is 1. The lowest BCUT2D eigenvalue weighted by atomic mass is 9.85. The van der Waals surface area contributed by atoms with Crippen LogP contribution in [0.2, 0.25) is 0 Å². The molecule has 1 amide bonds. The number of carbonyl (C=O) groups excluding carboxylic acids is 1. The number of nitrogens with one attached hydrogen (secondary N) is 1. The van der Waals surface area contributed by atoms with Crippen LogP contribution in [-0.4, -0.2) is 37.8 Å². The summed E-state index contributed by atoms with van der Waals surface area (Å²) < 4.78 is 31.9. The van der Waals surface area contributed by atoms with E-state index in [1.54, 1.807) is 38.6 Å². The monoisotopic (exact) mass is 450 g/mol. The first-order chi connectivity index (χ1) is 15.4. The van der Waals surface area contributed by atoms with E-state index in [0.29, 0.717) is 24.0 Å². The molecule has 0 saturated heterocycles. The Hall–Kier alpha value is -3.21. The number of rotatable bonds is 7. The number of amides is 1. The summed E-state index contributed by atoms with van der Waals surface area (Å²) in [5, 5.41) is 1.74. The molecule has 0 aliphatic heterocycles. The molecule has 1 aromatic heterocycles. The van der Waals surface area contributed by atoms with Crippen LogP contribution in [-0.2, 0) is 14.6 Å². The van der Waals surface area contributed by atoms with Crippen molar-refractivity contribution in [1.82, 2.24) is 10.3 Å². The van der Waals surface area contributed by atoms with Gasteiger partial charge < -0.3 is 4.74 Å². The van der Waals surface area contributed by atoms with E-state index in [9.17, 15) is 13.2 Å². The van der Waals surface area contributed by atoms with Crippen LogP contribution in [0.4, 0.5) is 0 Å². The highest BCUT2D eigenvalue weighted by atomic mass is 32.2. The van der Waals surface area contributed by atoms with Crippen molar-refractivity contribution in [1.29, 1.82) is 0 Å². The third kappa shape index (κ3) is 5.34. The van der Waals surface area contributed by atoms with E-state index in [1.807, 2.05) is 48.6 Å². The molecule has 1 heterocycles. The summed E-state index contributed by atoms with van der Waals surface area (Å²) in [4.78, 5) is 15.9. The van der Waals surface area contributed by atoms with Gasteiger partial charge in [-0.05, 0) is 23.3 Å². The minimum absolute atomic E-state index is 0.0186. The fourth-order valence-corrected chi connectivity index (χ4v) is 5.45. The van der Waals surface area contributed by atoms with E-state index in [1.165, 1.54) is 0 Å². The number of methoxy groups -OCH3 is 1. The number of carbonyl (C=O) groups is 1. The maximum atomic E-state index is 13.0. The number of nitrogens with zero attached hydrogens (tertiary/aromatic N) is 1. The second-order valence-electron chi connectivity index (χ2n) is 7.39. The lowest BCUT2D eigenvalue weighted by molar-refractivity contribution is 0.0290. The van der Waals surface area contributed by atoms with Gasteiger partial charge in [0.25, 0.3) is 5.91 Å². The van der Waals surface area contributed by atoms with Crippen LogP contribution in [0.3, 0.4) is 0 Å². The topological polar surface area (TPSA) is 85.4 Å². The van der Waals surface area contributed by atoms with Gasteiger partial charge in [0.05, 0.1) is 0 Å². The van der Waals surface area contributed by atoms with Crippen LogP contribution < -0.4 is 5.32 Å². The molecule has 0 spiro atoms. The summed E-state index contributed by atoms with van der Waals surface area (Å²) in [6, 6.07) is 15.1. The predicted octanol–water partition coefficient (Wildman–Crippen LogP) is 3.61. The van der Waals surface area contributed by atoms with Crippen molar-refractivity contribution in [2.24, 2.45) is 0 Å². The Balaban J connectivity index is 1.73. The van der Waals surface area contributed by atoms with Crippen molar-refractivity contribution in [3.8, 4) is 12.0 Å². The average Bonchev–Trinajstić information content (AvgIpc) is 2.84. The first-order valence-corrected chi connectivity index (χ1v) is 12.0. The third-order valence-corrected chi connectivity index (χ3v) is 7.64. The zero-order valence-corrected chi connectivity index (χ0v) is 18.9. The molecule has 166 valence electrons. The van der Waals surface area contributed by atoms with Crippen LogP contribution in [0.1, 0.15) is 40.9 Å². The fraction of sp³-hybridized carbons (Fsp3) is 0.280. The molecule has 32 heavy (non-hydrogen) atoms. The van der Waals surface area contributed by atoms with Crippen LogP contribution in [0.5, 0.6) is 0 Å². The smallest absolute Gasteiger partial charge is 0.262 e. The van der Waals surface area contributed by atoms with E-state index in [2.05, 4.69) is 22.3 Å². The minimum Gasteiger partial charge on any atom is -0.372 e. The van der Waals surface area contributed by atoms with Gasteiger partial charge in [-0.1, -0.05) is 61.4 Å².